The van der Waals surface area contributed by atoms with Crippen molar-refractivity contribution in [1.29, 1.82) is 0 Å². The average molecular weight is 382 g/mol. The fourth-order valence-electron chi connectivity index (χ4n) is 4.00. The van der Waals surface area contributed by atoms with E-state index in [1.807, 2.05) is 0 Å². The van der Waals surface area contributed by atoms with Gasteiger partial charge in [-0.1, -0.05) is 0 Å². The monoisotopic (exact) mass is 381 g/mol. The van der Waals surface area contributed by atoms with Gasteiger partial charge in [0.15, 0.2) is 0 Å². The predicted octanol–water partition coefficient (Wildman–Crippen LogP) is 2.68. The number of hydrogen-bond donors (Lipinski definition) is 2. The van der Waals surface area contributed by atoms with Crippen molar-refractivity contribution in [2.45, 2.75) is 44.2 Å². The topological polar surface area (TPSA) is 70.7 Å². The molecule has 7 heteroatoms. The summed E-state index contributed by atoms with van der Waals surface area (Å²) >= 11 is 0. The molecule has 144 valence electrons. The van der Waals surface area contributed by atoms with Crippen LogP contribution in [0.15, 0.2) is 18.2 Å². The number of anilines is 1. The summed E-state index contributed by atoms with van der Waals surface area (Å²) in [6, 6.07) is 6.27. The summed E-state index contributed by atoms with van der Waals surface area (Å²) in [7, 11) is 4.97. The Labute approximate surface area is 161 Å². The first kappa shape index (κ1) is 20.5. The van der Waals surface area contributed by atoms with Crippen LogP contribution in [-0.2, 0) is 4.79 Å². The van der Waals surface area contributed by atoms with Gasteiger partial charge in [-0.05, 0) is 49.8 Å². The molecule has 6 nitrogen and oxygen atoms in total. The first-order valence-corrected chi connectivity index (χ1v) is 8.92. The fraction of sp³-hybridized carbons (Fsp3) is 0.579. The van der Waals surface area contributed by atoms with Crippen molar-refractivity contribution in [2.75, 3.05) is 26.5 Å². The standard InChI is InChI=1S/C19H27N3O3.ClH/c1-22(2)19(24)13-4-7-17(25-3)16(11-13)21-18(23)10-12-8-14-5-6-15(9-12)20-14;/h4,7,11-12,14-15,20H,5-6,8-10H2,1-3H3,(H,21,23);1H. The molecule has 2 unspecified atom stereocenters. The highest BCUT2D eigenvalue weighted by atomic mass is 35.5. The number of rotatable bonds is 5. The maximum absolute atomic E-state index is 12.5. The van der Waals surface area contributed by atoms with Gasteiger partial charge in [-0.2, -0.15) is 0 Å². The molecule has 2 saturated heterocycles. The Morgan fingerprint density at radius 3 is 2.46 bits per heavy atom. The predicted molar refractivity (Wildman–Crippen MR) is 104 cm³/mol. The van der Waals surface area contributed by atoms with E-state index in [9.17, 15) is 9.59 Å². The van der Waals surface area contributed by atoms with Crippen molar-refractivity contribution in [3.8, 4) is 5.75 Å². The van der Waals surface area contributed by atoms with Crippen molar-refractivity contribution in [1.82, 2.24) is 10.2 Å². The molecule has 2 heterocycles. The van der Waals surface area contributed by atoms with E-state index in [0.29, 0.717) is 41.4 Å². The lowest BCUT2D eigenvalue weighted by Crippen LogP contribution is -2.39. The van der Waals surface area contributed by atoms with Crippen molar-refractivity contribution < 1.29 is 14.3 Å². The van der Waals surface area contributed by atoms with E-state index in [2.05, 4.69) is 10.6 Å². The second kappa shape index (κ2) is 8.73. The Hall–Kier alpha value is -1.79. The number of hydrogen-bond acceptors (Lipinski definition) is 4. The average Bonchev–Trinajstić information content (AvgIpc) is 2.92. The Balaban J connectivity index is 0.00000243. The second-order valence-electron chi connectivity index (χ2n) is 7.34. The summed E-state index contributed by atoms with van der Waals surface area (Å²) in [5.74, 6) is 0.873. The third-order valence-corrected chi connectivity index (χ3v) is 5.17. The third kappa shape index (κ3) is 4.68. The summed E-state index contributed by atoms with van der Waals surface area (Å²) in [6.45, 7) is 0. The maximum Gasteiger partial charge on any atom is 0.253 e. The molecular formula is C19H28ClN3O3. The van der Waals surface area contributed by atoms with Gasteiger partial charge in [-0.15, -0.1) is 12.4 Å². The maximum atomic E-state index is 12.5. The zero-order valence-electron chi connectivity index (χ0n) is 15.6. The van der Waals surface area contributed by atoms with Gasteiger partial charge in [-0.3, -0.25) is 9.59 Å². The number of nitrogens with one attached hydrogen (secondary N) is 2. The van der Waals surface area contributed by atoms with E-state index < -0.39 is 0 Å². The molecule has 0 aromatic heterocycles. The van der Waals surface area contributed by atoms with Gasteiger partial charge in [0, 0.05) is 38.2 Å². The Morgan fingerprint density at radius 2 is 1.88 bits per heavy atom. The number of halogens is 1. The molecular weight excluding hydrogens is 354 g/mol. The molecule has 26 heavy (non-hydrogen) atoms. The summed E-state index contributed by atoms with van der Waals surface area (Å²) in [4.78, 5) is 26.2. The molecule has 0 aliphatic carbocycles. The van der Waals surface area contributed by atoms with Crippen LogP contribution in [0, 0.1) is 5.92 Å². The molecule has 1 aromatic rings. The van der Waals surface area contributed by atoms with Gasteiger partial charge in [-0.25, -0.2) is 0 Å². The number of fused-ring (bicyclic) bond motifs is 2. The SMILES string of the molecule is COc1ccc(C(=O)N(C)C)cc1NC(=O)CC1CC2CCC(C1)N2.Cl. The number of carbonyl (C=O) groups excluding carboxylic acids is 2. The Kier molecular flexibility index (Phi) is 6.89. The summed E-state index contributed by atoms with van der Waals surface area (Å²) in [5.41, 5.74) is 1.08. The molecule has 2 amide bonds. The summed E-state index contributed by atoms with van der Waals surface area (Å²) in [6.07, 6.45) is 5.11. The van der Waals surface area contributed by atoms with Crippen LogP contribution in [-0.4, -0.2) is 50.0 Å². The molecule has 0 spiro atoms. The van der Waals surface area contributed by atoms with Gasteiger partial charge in [0.25, 0.3) is 5.91 Å². The van der Waals surface area contributed by atoms with Crippen molar-refractivity contribution in [3.05, 3.63) is 23.8 Å². The van der Waals surface area contributed by atoms with Crippen LogP contribution < -0.4 is 15.4 Å². The lowest BCUT2D eigenvalue weighted by molar-refractivity contribution is -0.117. The molecule has 2 atom stereocenters. The van der Waals surface area contributed by atoms with E-state index in [1.165, 1.54) is 17.7 Å². The van der Waals surface area contributed by atoms with Crippen LogP contribution in [0.3, 0.4) is 0 Å². The minimum atomic E-state index is -0.104. The minimum absolute atomic E-state index is 0. The van der Waals surface area contributed by atoms with Gasteiger partial charge in [0.2, 0.25) is 5.91 Å². The largest absolute Gasteiger partial charge is 0.495 e. The van der Waals surface area contributed by atoms with E-state index in [4.69, 9.17) is 4.74 Å². The van der Waals surface area contributed by atoms with Crippen LogP contribution in [0.5, 0.6) is 5.75 Å². The van der Waals surface area contributed by atoms with Gasteiger partial charge >= 0.3 is 0 Å². The number of piperidine rings is 1. The fourth-order valence-corrected chi connectivity index (χ4v) is 4.00. The Bertz CT molecular complexity index is 653. The van der Waals surface area contributed by atoms with Crippen molar-refractivity contribution in [3.63, 3.8) is 0 Å². The van der Waals surface area contributed by atoms with E-state index in [-0.39, 0.29) is 24.2 Å². The number of benzene rings is 1. The third-order valence-electron chi connectivity index (χ3n) is 5.17. The van der Waals surface area contributed by atoms with Crippen molar-refractivity contribution >= 4 is 29.9 Å². The van der Waals surface area contributed by atoms with Gasteiger partial charge in [0.1, 0.15) is 5.75 Å². The summed E-state index contributed by atoms with van der Waals surface area (Å²) in [5, 5.41) is 6.54. The first-order valence-electron chi connectivity index (χ1n) is 8.92. The number of amides is 2. The molecule has 2 aliphatic heterocycles. The highest BCUT2D eigenvalue weighted by molar-refractivity contribution is 5.98. The van der Waals surface area contributed by atoms with Crippen LogP contribution in [0.4, 0.5) is 5.69 Å². The van der Waals surface area contributed by atoms with Crippen LogP contribution >= 0.6 is 12.4 Å². The molecule has 2 N–H and O–H groups in total. The van der Waals surface area contributed by atoms with Crippen molar-refractivity contribution in [2.24, 2.45) is 5.92 Å². The Morgan fingerprint density at radius 1 is 1.23 bits per heavy atom. The molecule has 0 saturated carbocycles. The van der Waals surface area contributed by atoms with E-state index in [0.717, 1.165) is 12.8 Å². The van der Waals surface area contributed by atoms with Crippen LogP contribution in [0.25, 0.3) is 0 Å². The zero-order chi connectivity index (χ0) is 18.0. The number of nitrogens with zero attached hydrogens (tertiary/aromatic N) is 1. The molecule has 3 rings (SSSR count). The van der Waals surface area contributed by atoms with Crippen LogP contribution in [0.2, 0.25) is 0 Å². The number of carbonyl (C=O) groups is 2. The van der Waals surface area contributed by atoms with Gasteiger partial charge in [0.05, 0.1) is 12.8 Å². The molecule has 2 fully saturated rings. The molecule has 2 bridgehead atoms. The first-order chi connectivity index (χ1) is 12.0. The van der Waals surface area contributed by atoms with Gasteiger partial charge < -0.3 is 20.3 Å². The molecule has 1 aromatic carbocycles. The quantitative estimate of drug-likeness (QED) is 0.822. The molecule has 2 aliphatic rings. The molecule has 0 radical (unpaired) electrons. The lowest BCUT2D eigenvalue weighted by Gasteiger charge is -2.28. The highest BCUT2D eigenvalue weighted by Crippen LogP contribution is 2.33. The number of methoxy groups -OCH3 is 1. The minimum Gasteiger partial charge on any atom is -0.495 e. The van der Waals surface area contributed by atoms with E-state index in [1.54, 1.807) is 39.4 Å². The smallest absolute Gasteiger partial charge is 0.253 e. The second-order valence-corrected chi connectivity index (χ2v) is 7.34. The lowest BCUT2D eigenvalue weighted by atomic mass is 9.89. The number of ether oxygens (including phenoxy) is 1. The zero-order valence-corrected chi connectivity index (χ0v) is 16.4. The normalized spacial score (nSPS) is 23.7. The van der Waals surface area contributed by atoms with Crippen LogP contribution in [0.1, 0.15) is 42.5 Å². The highest BCUT2D eigenvalue weighted by Gasteiger charge is 2.34. The summed E-state index contributed by atoms with van der Waals surface area (Å²) < 4.78 is 5.33. The van der Waals surface area contributed by atoms with E-state index >= 15 is 0 Å².